The molecule has 1 aromatic rings. The summed E-state index contributed by atoms with van der Waals surface area (Å²) in [5.41, 5.74) is 11.0. The molecule has 4 N–H and O–H groups in total. The van der Waals surface area contributed by atoms with Gasteiger partial charge in [-0.2, -0.15) is 15.0 Å². The van der Waals surface area contributed by atoms with Crippen LogP contribution in [0.2, 0.25) is 0 Å². The predicted octanol–water partition coefficient (Wildman–Crippen LogP) is 0.777. The van der Waals surface area contributed by atoms with Crippen LogP contribution in [0.15, 0.2) is 5.16 Å². The van der Waals surface area contributed by atoms with Crippen LogP contribution in [-0.2, 0) is 4.79 Å². The van der Waals surface area contributed by atoms with E-state index in [0.717, 1.165) is 19.5 Å². The molecule has 1 aliphatic rings. The van der Waals surface area contributed by atoms with Gasteiger partial charge in [0.2, 0.25) is 17.8 Å². The van der Waals surface area contributed by atoms with Gasteiger partial charge in [0, 0.05) is 13.1 Å². The van der Waals surface area contributed by atoms with E-state index in [0.29, 0.717) is 16.8 Å². The van der Waals surface area contributed by atoms with E-state index in [9.17, 15) is 4.79 Å². The van der Waals surface area contributed by atoms with Gasteiger partial charge >= 0.3 is 0 Å². The minimum atomic E-state index is 0.0795. The van der Waals surface area contributed by atoms with Crippen LogP contribution in [0.3, 0.4) is 0 Å². The van der Waals surface area contributed by atoms with Crippen LogP contribution in [0.1, 0.15) is 26.2 Å². The summed E-state index contributed by atoms with van der Waals surface area (Å²) in [6.07, 6.45) is 3.44. The molecular formula is C12H20N6OS. The number of nitrogen functional groups attached to an aromatic ring is 2. The Labute approximate surface area is 122 Å². The number of amides is 1. The Morgan fingerprint density at radius 1 is 1.30 bits per heavy atom. The first kappa shape index (κ1) is 14.8. The first-order valence-electron chi connectivity index (χ1n) is 6.76. The third-order valence-electron chi connectivity index (χ3n) is 3.00. The molecule has 1 aromatic heterocycles. The standard InChI is InChI=1S/C12H20N6OS/c1-2-5-18(6-8-3-4-8)9(19)7-20-12-16-10(13)15-11(14)17-12/h8H,2-7H2,1H3,(H4,13,14,15,16,17). The number of rotatable bonds is 7. The Bertz CT molecular complexity index is 459. The zero-order valence-electron chi connectivity index (χ0n) is 11.6. The Balaban J connectivity index is 1.88. The monoisotopic (exact) mass is 296 g/mol. The third kappa shape index (κ3) is 4.52. The van der Waals surface area contributed by atoms with Crippen molar-refractivity contribution < 1.29 is 4.79 Å². The molecule has 0 saturated heterocycles. The number of hydrogen-bond donors (Lipinski definition) is 2. The first-order chi connectivity index (χ1) is 9.58. The van der Waals surface area contributed by atoms with E-state index in [-0.39, 0.29) is 17.8 Å². The van der Waals surface area contributed by atoms with Gasteiger partial charge < -0.3 is 16.4 Å². The van der Waals surface area contributed by atoms with Crippen molar-refractivity contribution in [1.82, 2.24) is 19.9 Å². The van der Waals surface area contributed by atoms with Gasteiger partial charge in [-0.05, 0) is 25.2 Å². The highest BCUT2D eigenvalue weighted by atomic mass is 32.2. The van der Waals surface area contributed by atoms with E-state index in [4.69, 9.17) is 11.5 Å². The van der Waals surface area contributed by atoms with Crippen molar-refractivity contribution in [2.45, 2.75) is 31.3 Å². The number of aromatic nitrogens is 3. The van der Waals surface area contributed by atoms with Crippen LogP contribution in [0.4, 0.5) is 11.9 Å². The molecule has 1 fully saturated rings. The molecule has 0 spiro atoms. The maximum Gasteiger partial charge on any atom is 0.233 e. The van der Waals surface area contributed by atoms with E-state index in [2.05, 4.69) is 21.9 Å². The highest BCUT2D eigenvalue weighted by molar-refractivity contribution is 7.99. The van der Waals surface area contributed by atoms with Gasteiger partial charge in [0.25, 0.3) is 0 Å². The number of nitrogens with two attached hydrogens (primary N) is 2. The molecule has 0 aliphatic heterocycles. The van der Waals surface area contributed by atoms with Gasteiger partial charge in [-0.15, -0.1) is 0 Å². The highest BCUT2D eigenvalue weighted by Gasteiger charge is 2.26. The minimum Gasteiger partial charge on any atom is -0.368 e. The van der Waals surface area contributed by atoms with Gasteiger partial charge in [-0.25, -0.2) is 0 Å². The van der Waals surface area contributed by atoms with Gasteiger partial charge in [-0.1, -0.05) is 18.7 Å². The number of carbonyl (C=O) groups excluding carboxylic acids is 1. The minimum absolute atomic E-state index is 0.0795. The predicted molar refractivity (Wildman–Crippen MR) is 79.0 cm³/mol. The smallest absolute Gasteiger partial charge is 0.233 e. The molecule has 0 bridgehead atoms. The molecule has 8 heteroatoms. The van der Waals surface area contributed by atoms with E-state index >= 15 is 0 Å². The zero-order valence-corrected chi connectivity index (χ0v) is 12.4. The van der Waals surface area contributed by atoms with Gasteiger partial charge in [0.05, 0.1) is 5.75 Å². The largest absolute Gasteiger partial charge is 0.368 e. The molecule has 0 unspecified atom stereocenters. The van der Waals surface area contributed by atoms with Crippen LogP contribution < -0.4 is 11.5 Å². The Morgan fingerprint density at radius 3 is 2.50 bits per heavy atom. The van der Waals surface area contributed by atoms with Crippen molar-refractivity contribution in [2.75, 3.05) is 30.3 Å². The summed E-state index contributed by atoms with van der Waals surface area (Å²) in [6.45, 7) is 3.75. The van der Waals surface area contributed by atoms with E-state index in [1.807, 2.05) is 4.90 Å². The van der Waals surface area contributed by atoms with Gasteiger partial charge in [0.1, 0.15) is 0 Å². The van der Waals surface area contributed by atoms with Crippen molar-refractivity contribution in [3.8, 4) is 0 Å². The molecule has 1 saturated carbocycles. The molecule has 0 aromatic carbocycles. The van der Waals surface area contributed by atoms with Crippen LogP contribution in [-0.4, -0.2) is 44.6 Å². The fourth-order valence-corrected chi connectivity index (χ4v) is 2.62. The van der Waals surface area contributed by atoms with E-state index < -0.39 is 0 Å². The fraction of sp³-hybridized carbons (Fsp3) is 0.667. The van der Waals surface area contributed by atoms with Crippen molar-refractivity contribution in [2.24, 2.45) is 5.92 Å². The molecular weight excluding hydrogens is 276 g/mol. The van der Waals surface area contributed by atoms with Crippen molar-refractivity contribution in [3.63, 3.8) is 0 Å². The average molecular weight is 296 g/mol. The maximum absolute atomic E-state index is 12.2. The Kier molecular flexibility index (Phi) is 4.99. The van der Waals surface area contributed by atoms with Crippen LogP contribution in [0.25, 0.3) is 0 Å². The zero-order chi connectivity index (χ0) is 14.5. The van der Waals surface area contributed by atoms with E-state index in [1.54, 1.807) is 0 Å². The van der Waals surface area contributed by atoms with Gasteiger partial charge in [0.15, 0.2) is 5.16 Å². The summed E-state index contributed by atoms with van der Waals surface area (Å²) < 4.78 is 0. The normalized spacial score (nSPS) is 14.2. The topological polar surface area (TPSA) is 111 Å². The SMILES string of the molecule is CCCN(CC1CC1)C(=O)CSc1nc(N)nc(N)n1. The molecule has 20 heavy (non-hydrogen) atoms. The molecule has 7 nitrogen and oxygen atoms in total. The van der Waals surface area contributed by atoms with Crippen molar-refractivity contribution in [1.29, 1.82) is 0 Å². The van der Waals surface area contributed by atoms with Crippen LogP contribution in [0, 0.1) is 5.92 Å². The lowest BCUT2D eigenvalue weighted by Crippen LogP contribution is -2.35. The second kappa shape index (κ2) is 6.74. The molecule has 1 aliphatic carbocycles. The summed E-state index contributed by atoms with van der Waals surface area (Å²) in [6, 6.07) is 0. The van der Waals surface area contributed by atoms with Crippen molar-refractivity contribution >= 4 is 29.6 Å². The quantitative estimate of drug-likeness (QED) is 0.715. The molecule has 2 rings (SSSR count). The summed E-state index contributed by atoms with van der Waals surface area (Å²) in [7, 11) is 0. The number of hydrogen-bond acceptors (Lipinski definition) is 7. The molecule has 110 valence electrons. The molecule has 0 atom stereocenters. The number of anilines is 2. The summed E-state index contributed by atoms with van der Waals surface area (Å²) in [5, 5.41) is 0.395. The number of carbonyl (C=O) groups is 1. The van der Waals surface area contributed by atoms with Crippen molar-refractivity contribution in [3.05, 3.63) is 0 Å². The summed E-state index contributed by atoms with van der Waals surface area (Å²) in [4.78, 5) is 25.7. The Morgan fingerprint density at radius 2 is 1.95 bits per heavy atom. The fourth-order valence-electron chi connectivity index (χ4n) is 1.87. The molecule has 1 heterocycles. The highest BCUT2D eigenvalue weighted by Crippen LogP contribution is 2.30. The summed E-state index contributed by atoms with van der Waals surface area (Å²) in [5.74, 6) is 1.27. The third-order valence-corrected chi connectivity index (χ3v) is 3.83. The molecule has 1 amide bonds. The van der Waals surface area contributed by atoms with E-state index in [1.165, 1.54) is 24.6 Å². The lowest BCUT2D eigenvalue weighted by atomic mass is 10.3. The first-order valence-corrected chi connectivity index (χ1v) is 7.74. The lowest BCUT2D eigenvalue weighted by molar-refractivity contribution is -0.128. The molecule has 0 radical (unpaired) electrons. The Hall–Kier alpha value is -1.57. The maximum atomic E-state index is 12.2. The number of nitrogens with zero attached hydrogens (tertiary/aromatic N) is 4. The number of thioether (sulfide) groups is 1. The second-order valence-corrected chi connectivity index (χ2v) is 5.85. The second-order valence-electron chi connectivity index (χ2n) is 4.91. The lowest BCUT2D eigenvalue weighted by Gasteiger charge is -2.21. The average Bonchev–Trinajstić information content (AvgIpc) is 3.18. The van der Waals surface area contributed by atoms with Crippen LogP contribution in [0.5, 0.6) is 0 Å². The van der Waals surface area contributed by atoms with Crippen LogP contribution >= 0.6 is 11.8 Å². The van der Waals surface area contributed by atoms with Gasteiger partial charge in [-0.3, -0.25) is 4.79 Å². The summed E-state index contributed by atoms with van der Waals surface area (Å²) >= 11 is 1.25.